The lowest BCUT2D eigenvalue weighted by molar-refractivity contribution is -0.117. The Balaban J connectivity index is 2.29. The minimum Gasteiger partial charge on any atom is -0.303 e. The highest BCUT2D eigenvalue weighted by molar-refractivity contribution is 5.81. The largest absolute Gasteiger partial charge is 0.303 e. The summed E-state index contributed by atoms with van der Waals surface area (Å²) in [6.45, 7) is 0. The summed E-state index contributed by atoms with van der Waals surface area (Å²) in [4.78, 5) is 20.6. The highest BCUT2D eigenvalue weighted by atomic mass is 16.1. The van der Waals surface area contributed by atoms with Crippen LogP contribution in [0.15, 0.2) is 0 Å². The fraction of sp³-hybridized carbons (Fsp3) is 0.714. The van der Waals surface area contributed by atoms with Crippen LogP contribution in [0.4, 0.5) is 0 Å². The molecule has 1 saturated carbocycles. The Bertz CT molecular complexity index is 129. The predicted octanol–water partition coefficient (Wildman–Crippen LogP) is 0.945. The van der Waals surface area contributed by atoms with Crippen LogP contribution >= 0.6 is 0 Å². The van der Waals surface area contributed by atoms with Gasteiger partial charge in [-0.3, -0.25) is 4.79 Å². The van der Waals surface area contributed by atoms with E-state index in [0.717, 1.165) is 12.7 Å². The van der Waals surface area contributed by atoms with Crippen molar-refractivity contribution in [3.8, 4) is 0 Å². The van der Waals surface area contributed by atoms with E-state index < -0.39 is 0 Å². The zero-order valence-corrected chi connectivity index (χ0v) is 5.30. The van der Waals surface area contributed by atoms with E-state index in [1.54, 1.807) is 0 Å². The number of hydrogen-bond acceptors (Lipinski definition) is 2. The lowest BCUT2D eigenvalue weighted by Gasteiger charge is -1.97. The number of Topliss-reactive ketones (excluding diaryl/α,β-unsaturated/α-hetero) is 1. The fourth-order valence-corrected chi connectivity index (χ4v) is 1.23. The first-order valence-corrected chi connectivity index (χ1v) is 3.28. The molecule has 0 radical (unpaired) electrons. The normalized spacial score (nSPS) is 26.7. The summed E-state index contributed by atoms with van der Waals surface area (Å²) in [7, 11) is 0. The second kappa shape index (κ2) is 2.76. The minimum atomic E-state index is 0.321. The van der Waals surface area contributed by atoms with Crippen molar-refractivity contribution in [2.24, 2.45) is 5.92 Å². The highest BCUT2D eigenvalue weighted by Gasteiger charge is 2.20. The van der Waals surface area contributed by atoms with E-state index in [0.29, 0.717) is 31.0 Å². The van der Waals surface area contributed by atoms with E-state index in [9.17, 15) is 9.59 Å². The minimum absolute atomic E-state index is 0.321. The van der Waals surface area contributed by atoms with Gasteiger partial charge in [0.25, 0.3) is 0 Å². The smallest absolute Gasteiger partial charge is 0.133 e. The van der Waals surface area contributed by atoms with Gasteiger partial charge in [-0.2, -0.15) is 0 Å². The van der Waals surface area contributed by atoms with E-state index >= 15 is 0 Å². The molecule has 50 valence electrons. The first-order valence-electron chi connectivity index (χ1n) is 3.28. The molecule has 0 spiro atoms. The van der Waals surface area contributed by atoms with Crippen LogP contribution < -0.4 is 0 Å². The number of aldehydes is 1. The zero-order valence-electron chi connectivity index (χ0n) is 5.30. The Hall–Kier alpha value is -0.660. The average Bonchev–Trinajstić information content (AvgIpc) is 2.17. The summed E-state index contributed by atoms with van der Waals surface area (Å²) in [5, 5.41) is 0. The standard InChI is InChI=1S/C7H10O2/c8-4-3-6-1-2-7(9)5-6/h4,6H,1-3,5H2/t6-/m0/s1. The Morgan fingerprint density at radius 1 is 1.67 bits per heavy atom. The molecule has 2 heteroatoms. The summed E-state index contributed by atoms with van der Waals surface area (Å²) in [5.74, 6) is 0.692. The van der Waals surface area contributed by atoms with Crippen LogP contribution in [0.5, 0.6) is 0 Å². The van der Waals surface area contributed by atoms with Crippen LogP contribution in [0.2, 0.25) is 0 Å². The lowest BCUT2D eigenvalue weighted by atomic mass is 10.1. The molecule has 2 nitrogen and oxygen atoms in total. The van der Waals surface area contributed by atoms with Gasteiger partial charge in [0, 0.05) is 19.3 Å². The maximum Gasteiger partial charge on any atom is 0.133 e. The van der Waals surface area contributed by atoms with Crippen molar-refractivity contribution in [2.75, 3.05) is 0 Å². The number of carbonyl (C=O) groups excluding carboxylic acids is 2. The second-order valence-electron chi connectivity index (χ2n) is 2.55. The molecule has 1 aliphatic carbocycles. The average molecular weight is 126 g/mol. The molecule has 9 heavy (non-hydrogen) atoms. The molecule has 0 bridgehead atoms. The number of hydrogen-bond donors (Lipinski definition) is 0. The molecule has 0 unspecified atom stereocenters. The molecule has 1 rings (SSSR count). The molecule has 0 aromatic rings. The number of rotatable bonds is 2. The molecular formula is C7H10O2. The monoisotopic (exact) mass is 126 g/mol. The fourth-order valence-electron chi connectivity index (χ4n) is 1.23. The van der Waals surface area contributed by atoms with Gasteiger partial charge in [0.05, 0.1) is 0 Å². The molecule has 1 fully saturated rings. The van der Waals surface area contributed by atoms with Gasteiger partial charge < -0.3 is 4.79 Å². The van der Waals surface area contributed by atoms with Gasteiger partial charge >= 0.3 is 0 Å². The summed E-state index contributed by atoms with van der Waals surface area (Å²) in [6, 6.07) is 0. The van der Waals surface area contributed by atoms with Crippen molar-refractivity contribution in [2.45, 2.75) is 25.7 Å². The summed E-state index contributed by atoms with van der Waals surface area (Å²) in [6.07, 6.45) is 3.74. The van der Waals surface area contributed by atoms with Crippen LogP contribution in [0.1, 0.15) is 25.7 Å². The molecule has 0 heterocycles. The topological polar surface area (TPSA) is 34.1 Å². The third-order valence-corrected chi connectivity index (χ3v) is 1.78. The molecule has 0 aliphatic heterocycles. The predicted molar refractivity (Wildman–Crippen MR) is 33.0 cm³/mol. The van der Waals surface area contributed by atoms with Gasteiger partial charge in [-0.1, -0.05) is 0 Å². The van der Waals surface area contributed by atoms with E-state index in [2.05, 4.69) is 0 Å². The second-order valence-corrected chi connectivity index (χ2v) is 2.55. The van der Waals surface area contributed by atoms with E-state index in [-0.39, 0.29) is 0 Å². The van der Waals surface area contributed by atoms with Gasteiger partial charge in [0.2, 0.25) is 0 Å². The van der Waals surface area contributed by atoms with Crippen molar-refractivity contribution in [3.63, 3.8) is 0 Å². The van der Waals surface area contributed by atoms with Gasteiger partial charge in [0.1, 0.15) is 12.1 Å². The van der Waals surface area contributed by atoms with Crippen molar-refractivity contribution in [3.05, 3.63) is 0 Å². The van der Waals surface area contributed by atoms with Crippen LogP contribution in [0.3, 0.4) is 0 Å². The maximum atomic E-state index is 10.6. The molecule has 0 aromatic carbocycles. The van der Waals surface area contributed by atoms with E-state index in [1.165, 1.54) is 0 Å². The molecule has 0 saturated heterocycles. The number of ketones is 1. The quantitative estimate of drug-likeness (QED) is 0.516. The van der Waals surface area contributed by atoms with Crippen molar-refractivity contribution in [1.82, 2.24) is 0 Å². The van der Waals surface area contributed by atoms with Crippen LogP contribution in [0.25, 0.3) is 0 Å². The zero-order chi connectivity index (χ0) is 6.69. The van der Waals surface area contributed by atoms with E-state index in [1.807, 2.05) is 0 Å². The third kappa shape index (κ3) is 1.63. The number of carbonyl (C=O) groups is 2. The molecule has 0 aromatic heterocycles. The first kappa shape index (κ1) is 6.46. The Kier molecular flexibility index (Phi) is 1.98. The van der Waals surface area contributed by atoms with Gasteiger partial charge in [-0.05, 0) is 12.3 Å². The SMILES string of the molecule is O=CC[C@@H]1CCC(=O)C1. The Morgan fingerprint density at radius 3 is 2.89 bits per heavy atom. The van der Waals surface area contributed by atoms with Gasteiger partial charge in [-0.15, -0.1) is 0 Å². The lowest BCUT2D eigenvalue weighted by Crippen LogP contribution is -1.94. The summed E-state index contributed by atoms with van der Waals surface area (Å²) >= 11 is 0. The van der Waals surface area contributed by atoms with Crippen LogP contribution in [-0.4, -0.2) is 12.1 Å². The molecule has 0 N–H and O–H groups in total. The van der Waals surface area contributed by atoms with Gasteiger partial charge in [-0.25, -0.2) is 0 Å². The maximum absolute atomic E-state index is 10.6. The first-order chi connectivity index (χ1) is 4.33. The molecule has 1 atom stereocenters. The van der Waals surface area contributed by atoms with Crippen molar-refractivity contribution >= 4 is 12.1 Å². The van der Waals surface area contributed by atoms with Crippen LogP contribution in [0, 0.1) is 5.92 Å². The molecule has 0 amide bonds. The van der Waals surface area contributed by atoms with Crippen molar-refractivity contribution in [1.29, 1.82) is 0 Å². The highest BCUT2D eigenvalue weighted by Crippen LogP contribution is 2.23. The van der Waals surface area contributed by atoms with E-state index in [4.69, 9.17) is 0 Å². The summed E-state index contributed by atoms with van der Waals surface area (Å²) < 4.78 is 0. The Labute approximate surface area is 54.2 Å². The Morgan fingerprint density at radius 2 is 2.44 bits per heavy atom. The summed E-state index contributed by atoms with van der Waals surface area (Å²) in [5.41, 5.74) is 0. The van der Waals surface area contributed by atoms with Crippen molar-refractivity contribution < 1.29 is 9.59 Å². The molecule has 1 aliphatic rings. The third-order valence-electron chi connectivity index (χ3n) is 1.78. The van der Waals surface area contributed by atoms with Gasteiger partial charge in [0.15, 0.2) is 0 Å². The van der Waals surface area contributed by atoms with Crippen LogP contribution in [-0.2, 0) is 9.59 Å². The molecular weight excluding hydrogens is 116 g/mol.